The van der Waals surface area contributed by atoms with Gasteiger partial charge in [0, 0.05) is 17.6 Å². The van der Waals surface area contributed by atoms with E-state index in [2.05, 4.69) is 15.4 Å². The second-order valence-electron chi connectivity index (χ2n) is 5.44. The van der Waals surface area contributed by atoms with Gasteiger partial charge in [-0.25, -0.2) is 9.67 Å². The Labute approximate surface area is 148 Å². The number of aromatic nitrogens is 3. The summed E-state index contributed by atoms with van der Waals surface area (Å²) in [5.74, 6) is 0.185. The molecule has 0 spiro atoms. The van der Waals surface area contributed by atoms with E-state index in [1.54, 1.807) is 23.0 Å². The Morgan fingerprint density at radius 2 is 1.76 bits per heavy atom. The molecule has 2 aromatic heterocycles. The molecule has 0 unspecified atom stereocenters. The second kappa shape index (κ2) is 6.37. The first-order valence-electron chi connectivity index (χ1n) is 7.68. The molecule has 2 heterocycles. The molecule has 122 valence electrons. The number of halogens is 1. The number of carbonyl (C=O) groups is 1. The molecule has 0 aliphatic heterocycles. The van der Waals surface area contributed by atoms with Crippen LogP contribution in [0.25, 0.3) is 16.6 Å². The van der Waals surface area contributed by atoms with Crippen molar-refractivity contribution in [1.82, 2.24) is 14.8 Å². The molecule has 0 atom stereocenters. The van der Waals surface area contributed by atoms with Gasteiger partial charge >= 0.3 is 0 Å². The van der Waals surface area contributed by atoms with Crippen molar-refractivity contribution in [2.24, 2.45) is 0 Å². The Kier molecular flexibility index (Phi) is 3.91. The quantitative estimate of drug-likeness (QED) is 0.561. The van der Waals surface area contributed by atoms with Gasteiger partial charge in [0.2, 0.25) is 0 Å². The number of nitrogens with zero attached hydrogens (tertiary/aromatic N) is 3. The smallest absolute Gasteiger partial charge is 0.257 e. The van der Waals surface area contributed by atoms with Crippen molar-refractivity contribution in [2.75, 3.05) is 5.32 Å². The van der Waals surface area contributed by atoms with Crippen LogP contribution in [0.5, 0.6) is 0 Å². The maximum absolute atomic E-state index is 12.7. The van der Waals surface area contributed by atoms with Crippen LogP contribution in [-0.4, -0.2) is 20.7 Å². The van der Waals surface area contributed by atoms with E-state index in [9.17, 15) is 4.79 Å². The normalized spacial score (nSPS) is 10.8. The number of carbonyl (C=O) groups excluding carboxylic acids is 1. The molecule has 0 aliphatic rings. The standard InChI is InChI=1S/C19H13ClN4O/c20-17-12-15(14-8-4-5-9-16(14)21-17)19(25)22-18-10-11-24(23-18)13-6-2-1-3-7-13/h1-12H,(H,22,23,25). The largest absolute Gasteiger partial charge is 0.305 e. The second-order valence-corrected chi connectivity index (χ2v) is 5.83. The van der Waals surface area contributed by atoms with E-state index in [1.165, 1.54) is 0 Å². The molecule has 0 radical (unpaired) electrons. The van der Waals surface area contributed by atoms with Gasteiger partial charge in [-0.05, 0) is 24.3 Å². The molecule has 6 heteroatoms. The topological polar surface area (TPSA) is 59.8 Å². The fourth-order valence-electron chi connectivity index (χ4n) is 2.63. The Hall–Kier alpha value is -3.18. The Morgan fingerprint density at radius 3 is 2.60 bits per heavy atom. The molecular weight excluding hydrogens is 336 g/mol. The van der Waals surface area contributed by atoms with E-state index in [4.69, 9.17) is 11.6 Å². The van der Waals surface area contributed by atoms with Crippen LogP contribution in [0.2, 0.25) is 5.15 Å². The maximum Gasteiger partial charge on any atom is 0.257 e. The summed E-state index contributed by atoms with van der Waals surface area (Å²) < 4.78 is 1.70. The molecule has 5 nitrogen and oxygen atoms in total. The van der Waals surface area contributed by atoms with Crippen molar-refractivity contribution in [2.45, 2.75) is 0 Å². The average molecular weight is 349 g/mol. The van der Waals surface area contributed by atoms with Gasteiger partial charge in [-0.2, -0.15) is 5.10 Å². The molecule has 0 saturated carbocycles. The molecule has 0 fully saturated rings. The van der Waals surface area contributed by atoms with Crippen molar-refractivity contribution in [3.05, 3.63) is 83.6 Å². The van der Waals surface area contributed by atoms with Crippen molar-refractivity contribution >= 4 is 34.2 Å². The predicted octanol–water partition coefficient (Wildman–Crippen LogP) is 4.33. The number of anilines is 1. The molecule has 1 N–H and O–H groups in total. The van der Waals surface area contributed by atoms with Crippen LogP contribution in [0.1, 0.15) is 10.4 Å². The van der Waals surface area contributed by atoms with Crippen LogP contribution >= 0.6 is 11.6 Å². The zero-order valence-electron chi connectivity index (χ0n) is 13.1. The number of benzene rings is 2. The van der Waals surface area contributed by atoms with Crippen LogP contribution in [0.3, 0.4) is 0 Å². The Balaban J connectivity index is 1.64. The lowest BCUT2D eigenvalue weighted by molar-refractivity contribution is 0.102. The van der Waals surface area contributed by atoms with Crippen LogP contribution in [0, 0.1) is 0 Å². The number of hydrogen-bond donors (Lipinski definition) is 1. The van der Waals surface area contributed by atoms with Gasteiger partial charge in [0.1, 0.15) is 5.15 Å². The van der Waals surface area contributed by atoms with Crippen molar-refractivity contribution in [3.8, 4) is 5.69 Å². The third-order valence-electron chi connectivity index (χ3n) is 3.78. The first kappa shape index (κ1) is 15.4. The van der Waals surface area contributed by atoms with E-state index in [0.717, 1.165) is 11.1 Å². The van der Waals surface area contributed by atoms with Crippen LogP contribution in [0.4, 0.5) is 5.82 Å². The van der Waals surface area contributed by atoms with E-state index >= 15 is 0 Å². The summed E-state index contributed by atoms with van der Waals surface area (Å²) in [4.78, 5) is 16.9. The summed E-state index contributed by atoms with van der Waals surface area (Å²) in [6.07, 6.45) is 1.79. The SMILES string of the molecule is O=C(Nc1ccn(-c2ccccc2)n1)c1cc(Cl)nc2ccccc12. The van der Waals surface area contributed by atoms with Crippen LogP contribution in [-0.2, 0) is 0 Å². The first-order valence-corrected chi connectivity index (χ1v) is 8.06. The average Bonchev–Trinajstić information content (AvgIpc) is 3.10. The highest BCUT2D eigenvalue weighted by Gasteiger charge is 2.14. The summed E-state index contributed by atoms with van der Waals surface area (Å²) in [6.45, 7) is 0. The highest BCUT2D eigenvalue weighted by atomic mass is 35.5. The number of fused-ring (bicyclic) bond motifs is 1. The summed E-state index contributed by atoms with van der Waals surface area (Å²) in [5, 5.41) is 8.21. The number of amides is 1. The van der Waals surface area contributed by atoms with Crippen molar-refractivity contribution < 1.29 is 4.79 Å². The predicted molar refractivity (Wildman–Crippen MR) is 98.3 cm³/mol. The van der Waals surface area contributed by atoms with E-state index < -0.39 is 0 Å². The number of pyridine rings is 1. The highest BCUT2D eigenvalue weighted by Crippen LogP contribution is 2.22. The van der Waals surface area contributed by atoms with Gasteiger partial charge in [-0.15, -0.1) is 0 Å². The Bertz CT molecular complexity index is 1060. The van der Waals surface area contributed by atoms with Gasteiger partial charge in [-0.1, -0.05) is 48.0 Å². The summed E-state index contributed by atoms with van der Waals surface area (Å²) in [6, 6.07) is 20.4. The van der Waals surface area contributed by atoms with Gasteiger partial charge in [-0.3, -0.25) is 4.79 Å². The monoisotopic (exact) mass is 348 g/mol. The van der Waals surface area contributed by atoms with Gasteiger partial charge < -0.3 is 5.32 Å². The molecule has 1 amide bonds. The number of nitrogens with one attached hydrogen (secondary N) is 1. The van der Waals surface area contributed by atoms with Crippen molar-refractivity contribution in [1.29, 1.82) is 0 Å². The van der Waals surface area contributed by atoms with E-state index in [0.29, 0.717) is 16.9 Å². The number of para-hydroxylation sites is 2. The van der Waals surface area contributed by atoms with Gasteiger partial charge in [0.05, 0.1) is 16.8 Å². The maximum atomic E-state index is 12.7. The minimum absolute atomic E-state index is 0.277. The molecule has 25 heavy (non-hydrogen) atoms. The zero-order chi connectivity index (χ0) is 17.2. The van der Waals surface area contributed by atoms with Crippen molar-refractivity contribution in [3.63, 3.8) is 0 Å². The molecule has 4 aromatic rings. The first-order chi connectivity index (χ1) is 12.2. The molecular formula is C19H13ClN4O. The third kappa shape index (κ3) is 3.09. The fourth-order valence-corrected chi connectivity index (χ4v) is 2.83. The lowest BCUT2D eigenvalue weighted by Gasteiger charge is -2.07. The molecule has 0 saturated heterocycles. The highest BCUT2D eigenvalue weighted by molar-refractivity contribution is 6.30. The molecule has 0 bridgehead atoms. The number of hydrogen-bond acceptors (Lipinski definition) is 3. The summed E-state index contributed by atoms with van der Waals surface area (Å²) in [5.41, 5.74) is 2.06. The van der Waals surface area contributed by atoms with Crippen LogP contribution < -0.4 is 5.32 Å². The van der Waals surface area contributed by atoms with E-state index in [1.807, 2.05) is 54.6 Å². The lowest BCUT2D eigenvalue weighted by Crippen LogP contribution is -2.13. The van der Waals surface area contributed by atoms with E-state index in [-0.39, 0.29) is 11.1 Å². The van der Waals surface area contributed by atoms with Gasteiger partial charge in [0.25, 0.3) is 5.91 Å². The molecule has 4 rings (SSSR count). The summed E-state index contributed by atoms with van der Waals surface area (Å²) >= 11 is 6.04. The molecule has 0 aliphatic carbocycles. The van der Waals surface area contributed by atoms with Gasteiger partial charge in [0.15, 0.2) is 5.82 Å². The zero-order valence-corrected chi connectivity index (χ0v) is 13.8. The lowest BCUT2D eigenvalue weighted by atomic mass is 10.1. The summed E-state index contributed by atoms with van der Waals surface area (Å²) in [7, 11) is 0. The number of rotatable bonds is 3. The minimum Gasteiger partial charge on any atom is -0.305 e. The fraction of sp³-hybridized carbons (Fsp3) is 0. The van der Waals surface area contributed by atoms with Crippen LogP contribution in [0.15, 0.2) is 72.9 Å². The molecule has 2 aromatic carbocycles. The Morgan fingerprint density at radius 1 is 1.00 bits per heavy atom. The third-order valence-corrected chi connectivity index (χ3v) is 3.97. The minimum atomic E-state index is -0.279.